The van der Waals surface area contributed by atoms with Gasteiger partial charge in [-0.3, -0.25) is 9.69 Å². The molecule has 3 aliphatic rings. The van der Waals surface area contributed by atoms with Crippen LogP contribution in [0.2, 0.25) is 0 Å². The quantitative estimate of drug-likeness (QED) is 0.709. The number of hydrogen-bond donors (Lipinski definition) is 1. The van der Waals surface area contributed by atoms with Gasteiger partial charge >= 0.3 is 6.03 Å². The molecule has 6 nitrogen and oxygen atoms in total. The Morgan fingerprint density at radius 2 is 2.00 bits per heavy atom. The minimum absolute atomic E-state index is 0.149. The van der Waals surface area contributed by atoms with Crippen molar-refractivity contribution in [3.63, 3.8) is 0 Å². The molecule has 0 aromatic rings. The van der Waals surface area contributed by atoms with Crippen molar-refractivity contribution >= 4 is 11.9 Å². The fourth-order valence-corrected chi connectivity index (χ4v) is 2.48. The Labute approximate surface area is 99.2 Å². The highest BCUT2D eigenvalue weighted by Crippen LogP contribution is 2.42. The fourth-order valence-electron chi connectivity index (χ4n) is 2.48. The molecule has 1 saturated carbocycles. The molecule has 0 bridgehead atoms. The lowest BCUT2D eigenvalue weighted by Gasteiger charge is -2.21. The van der Waals surface area contributed by atoms with Crippen molar-refractivity contribution in [2.75, 3.05) is 19.8 Å². The van der Waals surface area contributed by atoms with Crippen LogP contribution in [-0.2, 0) is 14.3 Å². The normalized spacial score (nSPS) is 34.5. The molecular weight excluding hydrogens is 224 g/mol. The van der Waals surface area contributed by atoms with Crippen molar-refractivity contribution in [1.29, 1.82) is 0 Å². The van der Waals surface area contributed by atoms with Crippen LogP contribution >= 0.6 is 0 Å². The molecule has 2 aliphatic heterocycles. The third-order valence-corrected chi connectivity index (χ3v) is 3.72. The van der Waals surface area contributed by atoms with E-state index in [1.807, 2.05) is 0 Å². The summed E-state index contributed by atoms with van der Waals surface area (Å²) in [4.78, 5) is 25.3. The Kier molecular flexibility index (Phi) is 2.38. The molecule has 0 radical (unpaired) electrons. The zero-order valence-electron chi connectivity index (χ0n) is 9.77. The van der Waals surface area contributed by atoms with Crippen molar-refractivity contribution in [1.82, 2.24) is 10.2 Å². The second-order valence-corrected chi connectivity index (χ2v) is 4.99. The van der Waals surface area contributed by atoms with Gasteiger partial charge in [-0.05, 0) is 25.7 Å². The first-order valence-electron chi connectivity index (χ1n) is 5.98. The monoisotopic (exact) mass is 240 g/mol. The molecule has 3 amide bonds. The fraction of sp³-hybridized carbons (Fsp3) is 0.818. The Hall–Kier alpha value is -1.14. The molecule has 0 spiro atoms. The van der Waals surface area contributed by atoms with Crippen LogP contribution in [0.3, 0.4) is 0 Å². The van der Waals surface area contributed by atoms with E-state index in [-0.39, 0.29) is 24.4 Å². The Balaban J connectivity index is 1.72. The summed E-state index contributed by atoms with van der Waals surface area (Å²) in [5.74, 6) is 0.137. The molecule has 1 N–H and O–H groups in total. The van der Waals surface area contributed by atoms with Gasteiger partial charge in [-0.25, -0.2) is 4.79 Å². The third kappa shape index (κ3) is 1.71. The maximum atomic E-state index is 12.2. The van der Waals surface area contributed by atoms with Crippen LogP contribution in [0.15, 0.2) is 0 Å². The summed E-state index contributed by atoms with van der Waals surface area (Å²) < 4.78 is 10.5. The van der Waals surface area contributed by atoms with Crippen molar-refractivity contribution in [3.05, 3.63) is 0 Å². The summed E-state index contributed by atoms with van der Waals surface area (Å²) in [5.41, 5.74) is -0.713. The van der Waals surface area contributed by atoms with Gasteiger partial charge in [0.15, 0.2) is 6.29 Å². The van der Waals surface area contributed by atoms with E-state index in [1.54, 1.807) is 6.92 Å². The van der Waals surface area contributed by atoms with E-state index >= 15 is 0 Å². The molecule has 1 unspecified atom stereocenters. The van der Waals surface area contributed by atoms with Gasteiger partial charge < -0.3 is 14.8 Å². The summed E-state index contributed by atoms with van der Waals surface area (Å²) in [7, 11) is 0. The first-order chi connectivity index (χ1) is 8.11. The second kappa shape index (κ2) is 3.68. The van der Waals surface area contributed by atoms with Crippen LogP contribution in [0.4, 0.5) is 4.79 Å². The summed E-state index contributed by atoms with van der Waals surface area (Å²) in [6.45, 7) is 3.04. The zero-order valence-corrected chi connectivity index (χ0v) is 9.77. The number of amides is 3. The first-order valence-corrected chi connectivity index (χ1v) is 5.98. The van der Waals surface area contributed by atoms with E-state index in [2.05, 4.69) is 5.32 Å². The smallest absolute Gasteiger partial charge is 0.325 e. The summed E-state index contributed by atoms with van der Waals surface area (Å²) in [5, 5.41) is 2.79. The van der Waals surface area contributed by atoms with Crippen molar-refractivity contribution in [3.8, 4) is 0 Å². The predicted molar refractivity (Wildman–Crippen MR) is 57.1 cm³/mol. The third-order valence-electron chi connectivity index (χ3n) is 3.72. The number of carbonyl (C=O) groups excluding carboxylic acids is 2. The largest absolute Gasteiger partial charge is 0.348 e. The molecule has 17 heavy (non-hydrogen) atoms. The van der Waals surface area contributed by atoms with Crippen LogP contribution in [0.1, 0.15) is 19.8 Å². The molecular formula is C11H16N2O4. The number of hydrogen-bond acceptors (Lipinski definition) is 4. The molecule has 3 rings (SSSR count). The highest BCUT2D eigenvalue weighted by molar-refractivity contribution is 6.07. The molecule has 2 heterocycles. The molecule has 2 saturated heterocycles. The van der Waals surface area contributed by atoms with E-state index in [0.29, 0.717) is 13.2 Å². The van der Waals surface area contributed by atoms with Gasteiger partial charge in [0.1, 0.15) is 5.54 Å². The van der Waals surface area contributed by atoms with Crippen LogP contribution < -0.4 is 5.32 Å². The average Bonchev–Trinajstić information content (AvgIpc) is 2.99. The number of nitrogens with one attached hydrogen (secondary N) is 1. The van der Waals surface area contributed by atoms with Gasteiger partial charge in [0.05, 0.1) is 19.8 Å². The molecule has 3 fully saturated rings. The highest BCUT2D eigenvalue weighted by Gasteiger charge is 2.56. The van der Waals surface area contributed by atoms with E-state index in [1.165, 1.54) is 4.90 Å². The number of nitrogens with zero attached hydrogens (tertiary/aromatic N) is 1. The predicted octanol–water partition coefficient (Wildman–Crippen LogP) is 0.0798. The first kappa shape index (κ1) is 11.0. The molecule has 94 valence electrons. The van der Waals surface area contributed by atoms with Crippen LogP contribution in [0, 0.1) is 5.92 Å². The van der Waals surface area contributed by atoms with E-state index in [9.17, 15) is 9.59 Å². The summed E-state index contributed by atoms with van der Waals surface area (Å²) in [6, 6.07) is -0.330. The number of urea groups is 1. The molecule has 0 aromatic heterocycles. The van der Waals surface area contributed by atoms with Gasteiger partial charge in [-0.15, -0.1) is 0 Å². The number of carbonyl (C=O) groups is 2. The van der Waals surface area contributed by atoms with Crippen LogP contribution in [-0.4, -0.2) is 48.4 Å². The zero-order chi connectivity index (χ0) is 12.0. The molecule has 1 atom stereocenters. The Morgan fingerprint density at radius 1 is 1.35 bits per heavy atom. The Morgan fingerprint density at radius 3 is 2.59 bits per heavy atom. The van der Waals surface area contributed by atoms with Crippen molar-refractivity contribution in [2.24, 2.45) is 5.92 Å². The number of ether oxygens (including phenoxy) is 2. The van der Waals surface area contributed by atoms with E-state index in [4.69, 9.17) is 9.47 Å². The molecule has 0 aromatic carbocycles. The lowest BCUT2D eigenvalue weighted by atomic mass is 9.96. The Bertz CT molecular complexity index is 362. The van der Waals surface area contributed by atoms with Gasteiger partial charge in [0, 0.05) is 0 Å². The minimum Gasteiger partial charge on any atom is -0.348 e. The molecule has 6 heteroatoms. The molecule has 1 aliphatic carbocycles. The maximum Gasteiger partial charge on any atom is 0.325 e. The average molecular weight is 240 g/mol. The van der Waals surface area contributed by atoms with E-state index in [0.717, 1.165) is 12.8 Å². The standard InChI is InChI=1S/C11H16N2O4/c1-11(7-2-3-7)9(14)13(10(15)12-11)6-8-16-4-5-17-8/h7-8H,2-6H2,1H3,(H,12,15). The van der Waals surface area contributed by atoms with Gasteiger partial charge in [0.2, 0.25) is 0 Å². The second-order valence-electron chi connectivity index (χ2n) is 4.99. The van der Waals surface area contributed by atoms with Crippen LogP contribution in [0.5, 0.6) is 0 Å². The van der Waals surface area contributed by atoms with E-state index < -0.39 is 11.8 Å². The van der Waals surface area contributed by atoms with Crippen LogP contribution in [0.25, 0.3) is 0 Å². The highest BCUT2D eigenvalue weighted by atomic mass is 16.7. The summed E-state index contributed by atoms with van der Waals surface area (Å²) >= 11 is 0. The van der Waals surface area contributed by atoms with Gasteiger partial charge in [0.25, 0.3) is 5.91 Å². The van der Waals surface area contributed by atoms with Gasteiger partial charge in [-0.2, -0.15) is 0 Å². The SMILES string of the molecule is CC1(C2CC2)NC(=O)N(CC2OCCO2)C1=O. The number of imide groups is 1. The summed E-state index contributed by atoms with van der Waals surface area (Å²) in [6.07, 6.45) is 1.55. The van der Waals surface area contributed by atoms with Crippen molar-refractivity contribution < 1.29 is 19.1 Å². The van der Waals surface area contributed by atoms with Crippen molar-refractivity contribution in [2.45, 2.75) is 31.6 Å². The maximum absolute atomic E-state index is 12.2. The topological polar surface area (TPSA) is 67.9 Å². The lowest BCUT2D eigenvalue weighted by Crippen LogP contribution is -2.46. The number of rotatable bonds is 3. The van der Waals surface area contributed by atoms with Gasteiger partial charge in [-0.1, -0.05) is 0 Å². The lowest BCUT2D eigenvalue weighted by molar-refractivity contribution is -0.135. The minimum atomic E-state index is -0.713.